The van der Waals surface area contributed by atoms with Crippen molar-refractivity contribution in [1.29, 1.82) is 0 Å². The Morgan fingerprint density at radius 2 is 2.24 bits per heavy atom. The maximum atomic E-state index is 12.8. The van der Waals surface area contributed by atoms with Crippen LogP contribution in [-0.4, -0.2) is 57.4 Å². The minimum atomic E-state index is -3.35. The highest BCUT2D eigenvalue weighted by atomic mass is 32.2. The highest BCUT2D eigenvalue weighted by molar-refractivity contribution is 7.89. The molecule has 0 aromatic carbocycles. The molecule has 1 fully saturated rings. The topological polar surface area (TPSA) is 52.7 Å². The predicted octanol–water partition coefficient (Wildman–Crippen LogP) is 1.57. The number of nitrogens with one attached hydrogen (secondary N) is 1. The quantitative estimate of drug-likeness (QED) is 0.771. The zero-order valence-corrected chi connectivity index (χ0v) is 14.6. The summed E-state index contributed by atoms with van der Waals surface area (Å²) in [5.41, 5.74) is 0. The number of hydrogen-bond donors (Lipinski definition) is 1. The second-order valence-corrected chi connectivity index (χ2v) is 8.56. The van der Waals surface area contributed by atoms with Gasteiger partial charge in [-0.05, 0) is 44.9 Å². The van der Waals surface area contributed by atoms with E-state index in [1.54, 1.807) is 10.4 Å². The number of hydrogen-bond acceptors (Lipinski definition) is 5. The van der Waals surface area contributed by atoms with Crippen LogP contribution in [0.15, 0.2) is 16.3 Å². The Hall–Kier alpha value is -0.470. The fourth-order valence-electron chi connectivity index (χ4n) is 2.56. The Kier molecular flexibility index (Phi) is 5.79. The average molecular weight is 332 g/mol. The number of nitrogens with zero attached hydrogens (tertiary/aromatic N) is 2. The summed E-state index contributed by atoms with van der Waals surface area (Å²) in [7, 11) is 0.658. The van der Waals surface area contributed by atoms with Crippen LogP contribution >= 0.6 is 11.3 Å². The Bertz CT molecular complexity index is 554. The van der Waals surface area contributed by atoms with E-state index in [-0.39, 0.29) is 0 Å². The first-order valence-corrected chi connectivity index (χ1v) is 9.72. The van der Waals surface area contributed by atoms with Gasteiger partial charge in [0.25, 0.3) is 0 Å². The van der Waals surface area contributed by atoms with Gasteiger partial charge in [-0.25, -0.2) is 8.42 Å². The van der Waals surface area contributed by atoms with Crippen molar-refractivity contribution in [3.63, 3.8) is 0 Å². The van der Waals surface area contributed by atoms with E-state index in [1.165, 1.54) is 11.3 Å². The van der Waals surface area contributed by atoms with Crippen molar-refractivity contribution >= 4 is 21.4 Å². The van der Waals surface area contributed by atoms with E-state index in [0.29, 0.717) is 30.6 Å². The van der Waals surface area contributed by atoms with E-state index in [1.807, 2.05) is 19.5 Å². The first kappa shape index (κ1) is 16.9. The summed E-state index contributed by atoms with van der Waals surface area (Å²) >= 11 is 1.51. The number of sulfonamides is 1. The molecule has 21 heavy (non-hydrogen) atoms. The molecule has 2 rings (SSSR count). The Balaban J connectivity index is 2.12. The third-order valence-electron chi connectivity index (χ3n) is 3.89. The lowest BCUT2D eigenvalue weighted by atomic mass is 10.2. The maximum Gasteiger partial charge on any atom is 0.244 e. The summed E-state index contributed by atoms with van der Waals surface area (Å²) < 4.78 is 27.2. The van der Waals surface area contributed by atoms with Crippen molar-refractivity contribution in [2.45, 2.75) is 37.2 Å². The summed E-state index contributed by atoms with van der Waals surface area (Å²) in [6.07, 6.45) is 1.95. The molecule has 0 amide bonds. The molecule has 1 aromatic rings. The second-order valence-electron chi connectivity index (χ2n) is 5.65. The van der Waals surface area contributed by atoms with Crippen LogP contribution in [0, 0.1) is 0 Å². The first-order valence-electron chi connectivity index (χ1n) is 7.40. The van der Waals surface area contributed by atoms with E-state index in [0.717, 1.165) is 24.3 Å². The van der Waals surface area contributed by atoms with Crippen LogP contribution < -0.4 is 5.32 Å². The van der Waals surface area contributed by atoms with Crippen molar-refractivity contribution in [2.75, 3.05) is 33.7 Å². The zero-order valence-electron chi connectivity index (χ0n) is 13.0. The summed E-state index contributed by atoms with van der Waals surface area (Å²) in [6, 6.07) is 2.06. The van der Waals surface area contributed by atoms with Crippen LogP contribution in [0.1, 0.15) is 24.6 Å². The normalized spacial score (nSPS) is 20.5. The lowest BCUT2D eigenvalue weighted by Crippen LogP contribution is -2.34. The smallest absolute Gasteiger partial charge is 0.244 e. The molecule has 1 unspecified atom stereocenters. The number of thiophene rings is 1. The van der Waals surface area contributed by atoms with Crippen LogP contribution in [0.3, 0.4) is 0 Å². The monoisotopic (exact) mass is 331 g/mol. The van der Waals surface area contributed by atoms with Gasteiger partial charge >= 0.3 is 0 Å². The van der Waals surface area contributed by atoms with Gasteiger partial charge in [-0.1, -0.05) is 6.92 Å². The standard InChI is InChI=1S/C14H25N3O2S2/c1-4-7-15-10-13-14(6-9-20-13)21(18,19)17-8-5-12(11-17)16(2)3/h6,9,12,15H,4-5,7-8,10-11H2,1-3H3. The summed E-state index contributed by atoms with van der Waals surface area (Å²) in [4.78, 5) is 3.50. The van der Waals surface area contributed by atoms with Crippen molar-refractivity contribution in [1.82, 2.24) is 14.5 Å². The van der Waals surface area contributed by atoms with Gasteiger partial charge < -0.3 is 10.2 Å². The molecule has 0 bridgehead atoms. The average Bonchev–Trinajstić information content (AvgIpc) is 3.08. The molecule has 0 radical (unpaired) electrons. The molecule has 1 aliphatic heterocycles. The van der Waals surface area contributed by atoms with Crippen molar-refractivity contribution in [2.24, 2.45) is 0 Å². The summed E-state index contributed by atoms with van der Waals surface area (Å²) in [5, 5.41) is 5.16. The van der Waals surface area contributed by atoms with E-state index in [2.05, 4.69) is 17.1 Å². The molecule has 0 aliphatic carbocycles. The minimum Gasteiger partial charge on any atom is -0.312 e. The molecule has 5 nitrogen and oxygen atoms in total. The predicted molar refractivity (Wildman–Crippen MR) is 87.2 cm³/mol. The van der Waals surface area contributed by atoms with Gasteiger partial charge in [0.05, 0.1) is 4.90 Å². The van der Waals surface area contributed by atoms with Crippen LogP contribution in [0.4, 0.5) is 0 Å². The SMILES string of the molecule is CCCNCc1sccc1S(=O)(=O)N1CCC(N(C)C)C1. The highest BCUT2D eigenvalue weighted by Crippen LogP contribution is 2.28. The van der Waals surface area contributed by atoms with Crippen molar-refractivity contribution in [3.8, 4) is 0 Å². The van der Waals surface area contributed by atoms with Crippen LogP contribution in [0.2, 0.25) is 0 Å². The molecular weight excluding hydrogens is 306 g/mol. The van der Waals surface area contributed by atoms with Gasteiger partial charge in [0.2, 0.25) is 10.0 Å². The molecule has 0 spiro atoms. The van der Waals surface area contributed by atoms with Gasteiger partial charge in [-0.3, -0.25) is 0 Å². The van der Waals surface area contributed by atoms with Crippen molar-refractivity contribution in [3.05, 3.63) is 16.3 Å². The van der Waals surface area contributed by atoms with E-state index >= 15 is 0 Å². The van der Waals surface area contributed by atoms with Crippen LogP contribution in [-0.2, 0) is 16.6 Å². The fourth-order valence-corrected chi connectivity index (χ4v) is 5.43. The van der Waals surface area contributed by atoms with Gasteiger partial charge in [0.15, 0.2) is 0 Å². The van der Waals surface area contributed by atoms with Gasteiger partial charge in [-0.2, -0.15) is 4.31 Å². The van der Waals surface area contributed by atoms with Gasteiger partial charge in [0.1, 0.15) is 0 Å². The molecule has 1 aromatic heterocycles. The lowest BCUT2D eigenvalue weighted by Gasteiger charge is -2.20. The Morgan fingerprint density at radius 1 is 1.48 bits per heavy atom. The Morgan fingerprint density at radius 3 is 2.86 bits per heavy atom. The number of rotatable bonds is 7. The van der Waals surface area contributed by atoms with E-state index in [4.69, 9.17) is 0 Å². The zero-order chi connectivity index (χ0) is 15.5. The maximum absolute atomic E-state index is 12.8. The Labute approximate surface area is 132 Å². The third kappa shape index (κ3) is 3.84. The molecular formula is C14H25N3O2S2. The van der Waals surface area contributed by atoms with Crippen LogP contribution in [0.5, 0.6) is 0 Å². The molecule has 1 atom stereocenters. The van der Waals surface area contributed by atoms with Crippen LogP contribution in [0.25, 0.3) is 0 Å². The van der Waals surface area contributed by atoms with Gasteiger partial charge in [-0.15, -0.1) is 11.3 Å². The molecule has 2 heterocycles. The molecule has 120 valence electrons. The molecule has 7 heteroatoms. The summed E-state index contributed by atoms with van der Waals surface area (Å²) in [6.45, 7) is 4.84. The second kappa shape index (κ2) is 7.19. The molecule has 1 aliphatic rings. The minimum absolute atomic E-state index is 0.320. The number of likely N-dealkylation sites (N-methyl/N-ethyl adjacent to an activating group) is 1. The lowest BCUT2D eigenvalue weighted by molar-refractivity contribution is 0.302. The first-order chi connectivity index (χ1) is 9.96. The van der Waals surface area contributed by atoms with E-state index in [9.17, 15) is 8.42 Å². The molecule has 1 N–H and O–H groups in total. The van der Waals surface area contributed by atoms with Gasteiger partial charge in [0, 0.05) is 30.6 Å². The van der Waals surface area contributed by atoms with Crippen molar-refractivity contribution < 1.29 is 8.42 Å². The summed E-state index contributed by atoms with van der Waals surface area (Å²) in [5.74, 6) is 0. The molecule has 0 saturated carbocycles. The largest absolute Gasteiger partial charge is 0.312 e. The molecule has 1 saturated heterocycles. The third-order valence-corrected chi connectivity index (χ3v) is 6.89. The van der Waals surface area contributed by atoms with E-state index < -0.39 is 10.0 Å². The fraction of sp³-hybridized carbons (Fsp3) is 0.714. The highest BCUT2D eigenvalue weighted by Gasteiger charge is 2.34.